The lowest BCUT2D eigenvalue weighted by atomic mass is 10.3. The molecule has 0 N–H and O–H groups in total. The van der Waals surface area contributed by atoms with Crippen molar-refractivity contribution in [1.29, 1.82) is 0 Å². The van der Waals surface area contributed by atoms with Crippen LogP contribution < -0.4 is 5.56 Å². The molecule has 2 aromatic rings. The van der Waals surface area contributed by atoms with Gasteiger partial charge in [-0.3, -0.25) is 9.36 Å². The summed E-state index contributed by atoms with van der Waals surface area (Å²) in [6.45, 7) is 4.33. The minimum atomic E-state index is 0.0829. The number of fused-ring (bicyclic) bond motifs is 1. The lowest BCUT2D eigenvalue weighted by Crippen LogP contribution is -2.24. The molecule has 1 aromatic carbocycles. The molecule has 0 unspecified atom stereocenters. The van der Waals surface area contributed by atoms with Gasteiger partial charge in [0.1, 0.15) is 0 Å². The summed E-state index contributed by atoms with van der Waals surface area (Å²) in [5, 5.41) is 1.26. The number of nitrogens with zero attached hydrogens (tertiary/aromatic N) is 2. The highest BCUT2D eigenvalue weighted by Gasteiger charge is 2.23. The molecule has 3 rings (SSSR count). The molecule has 1 aromatic heterocycles. The summed E-state index contributed by atoms with van der Waals surface area (Å²) in [5.41, 5.74) is 1.96. The predicted molar refractivity (Wildman–Crippen MR) is 89.9 cm³/mol. The molecule has 0 bridgehead atoms. The predicted octanol–water partition coefficient (Wildman–Crippen LogP) is 3.77. The van der Waals surface area contributed by atoms with Crippen molar-refractivity contribution in [3.8, 4) is 5.69 Å². The fourth-order valence-corrected chi connectivity index (χ4v) is 4.25. The van der Waals surface area contributed by atoms with Crippen LogP contribution in [-0.2, 0) is 6.42 Å². The van der Waals surface area contributed by atoms with Gasteiger partial charge in [0.05, 0.1) is 16.3 Å². The lowest BCUT2D eigenvalue weighted by Gasteiger charge is -2.15. The average Bonchev–Trinajstić information content (AvgIpc) is 2.97. The maximum atomic E-state index is 12.8. The van der Waals surface area contributed by atoms with Crippen LogP contribution >= 0.6 is 23.5 Å². The van der Waals surface area contributed by atoms with Gasteiger partial charge in [-0.05, 0) is 18.6 Å². The smallest absolute Gasteiger partial charge is 0.268 e. The van der Waals surface area contributed by atoms with E-state index in [0.29, 0.717) is 5.25 Å². The minimum absolute atomic E-state index is 0.0829. The first-order chi connectivity index (χ1) is 10.2. The van der Waals surface area contributed by atoms with E-state index in [1.165, 1.54) is 0 Å². The number of hydrogen-bond acceptors (Lipinski definition) is 4. The van der Waals surface area contributed by atoms with Crippen LogP contribution in [0.5, 0.6) is 0 Å². The molecule has 5 heteroatoms. The molecule has 2 heterocycles. The molecule has 21 heavy (non-hydrogen) atoms. The monoisotopic (exact) mass is 318 g/mol. The van der Waals surface area contributed by atoms with Gasteiger partial charge >= 0.3 is 0 Å². The van der Waals surface area contributed by atoms with Crippen LogP contribution in [0.25, 0.3) is 5.69 Å². The Hall–Kier alpha value is -1.20. The van der Waals surface area contributed by atoms with Gasteiger partial charge in [-0.15, -0.1) is 11.8 Å². The van der Waals surface area contributed by atoms with Crippen molar-refractivity contribution in [2.24, 2.45) is 0 Å². The van der Waals surface area contributed by atoms with Crippen LogP contribution in [0.15, 0.2) is 45.2 Å². The summed E-state index contributed by atoms with van der Waals surface area (Å²) in [6.07, 6.45) is 1.96. The van der Waals surface area contributed by atoms with E-state index in [-0.39, 0.29) is 5.56 Å². The number of aryl methyl sites for hydroxylation is 1. The zero-order valence-corrected chi connectivity index (χ0v) is 13.8. The molecule has 0 spiro atoms. The van der Waals surface area contributed by atoms with Gasteiger partial charge in [0, 0.05) is 17.4 Å². The minimum Gasteiger partial charge on any atom is -0.268 e. The van der Waals surface area contributed by atoms with Gasteiger partial charge < -0.3 is 0 Å². The molecule has 0 radical (unpaired) electrons. The third-order valence-corrected chi connectivity index (χ3v) is 5.89. The molecular weight excluding hydrogens is 300 g/mol. The normalized spacial score (nSPS) is 15.0. The van der Waals surface area contributed by atoms with E-state index < -0.39 is 0 Å². The van der Waals surface area contributed by atoms with Crippen LogP contribution in [-0.4, -0.2) is 20.6 Å². The summed E-state index contributed by atoms with van der Waals surface area (Å²) >= 11 is 3.32. The summed E-state index contributed by atoms with van der Waals surface area (Å²) in [6, 6.07) is 9.82. The number of hydrogen-bond donors (Lipinski definition) is 0. The molecule has 0 aliphatic carbocycles. The number of rotatable bonds is 4. The number of para-hydroxylation sites is 1. The van der Waals surface area contributed by atoms with E-state index in [1.54, 1.807) is 28.1 Å². The SMILES string of the molecule is CC[C@H](C)Sc1nc2c(c(=O)n1-c1ccccc1)SCC2. The fourth-order valence-electron chi connectivity index (χ4n) is 2.24. The molecular formula is C16H18N2OS2. The molecule has 0 fully saturated rings. The van der Waals surface area contributed by atoms with Crippen LogP contribution in [0.3, 0.4) is 0 Å². The Morgan fingerprint density at radius 2 is 2.14 bits per heavy atom. The second kappa shape index (κ2) is 6.28. The second-order valence-electron chi connectivity index (χ2n) is 5.08. The first-order valence-electron chi connectivity index (χ1n) is 7.21. The van der Waals surface area contributed by atoms with Crippen LogP contribution in [0, 0.1) is 0 Å². The molecule has 0 saturated carbocycles. The van der Waals surface area contributed by atoms with E-state index in [1.807, 2.05) is 30.3 Å². The van der Waals surface area contributed by atoms with E-state index in [0.717, 1.165) is 40.0 Å². The summed E-state index contributed by atoms with van der Waals surface area (Å²) in [4.78, 5) is 18.5. The molecule has 1 aliphatic heterocycles. The third kappa shape index (κ3) is 2.90. The molecule has 110 valence electrons. The highest BCUT2D eigenvalue weighted by atomic mass is 32.2. The molecule has 3 nitrogen and oxygen atoms in total. The summed E-state index contributed by atoms with van der Waals surface area (Å²) in [7, 11) is 0. The standard InChI is InChI=1S/C16H18N2OS2/c1-3-11(2)21-16-17-13-9-10-20-14(13)15(19)18(16)12-7-5-4-6-8-12/h4-8,11H,3,9-10H2,1-2H3/t11-/m0/s1. The van der Waals surface area contributed by atoms with Crippen molar-refractivity contribution in [1.82, 2.24) is 9.55 Å². The Labute approximate surface area is 133 Å². The van der Waals surface area contributed by atoms with Crippen molar-refractivity contribution in [3.05, 3.63) is 46.4 Å². The van der Waals surface area contributed by atoms with E-state index in [9.17, 15) is 4.79 Å². The summed E-state index contributed by atoms with van der Waals surface area (Å²) in [5.74, 6) is 0.962. The Bertz CT molecular complexity index is 697. The van der Waals surface area contributed by atoms with Gasteiger partial charge in [-0.25, -0.2) is 4.98 Å². The van der Waals surface area contributed by atoms with Gasteiger partial charge in [-0.2, -0.15) is 0 Å². The molecule has 0 amide bonds. The first-order valence-corrected chi connectivity index (χ1v) is 9.08. The third-order valence-electron chi connectivity index (χ3n) is 3.56. The second-order valence-corrected chi connectivity index (χ2v) is 7.59. The summed E-state index contributed by atoms with van der Waals surface area (Å²) < 4.78 is 1.77. The average molecular weight is 318 g/mol. The van der Waals surface area contributed by atoms with Gasteiger partial charge in [0.25, 0.3) is 5.56 Å². The molecule has 1 aliphatic rings. The van der Waals surface area contributed by atoms with Gasteiger partial charge in [0.2, 0.25) is 0 Å². The van der Waals surface area contributed by atoms with Crippen molar-refractivity contribution in [2.45, 2.75) is 42.0 Å². The van der Waals surface area contributed by atoms with Crippen molar-refractivity contribution < 1.29 is 0 Å². The maximum absolute atomic E-state index is 12.8. The number of aromatic nitrogens is 2. The maximum Gasteiger partial charge on any atom is 0.272 e. The van der Waals surface area contributed by atoms with Gasteiger partial charge in [0.15, 0.2) is 5.16 Å². The van der Waals surface area contributed by atoms with Gasteiger partial charge in [-0.1, -0.05) is 43.8 Å². The number of thioether (sulfide) groups is 2. The van der Waals surface area contributed by atoms with Crippen molar-refractivity contribution >= 4 is 23.5 Å². The topological polar surface area (TPSA) is 34.9 Å². The lowest BCUT2D eigenvalue weighted by molar-refractivity contribution is 0.734. The Balaban J connectivity index is 2.18. The first kappa shape index (κ1) is 14.7. The largest absolute Gasteiger partial charge is 0.272 e. The zero-order chi connectivity index (χ0) is 14.8. The fraction of sp³-hybridized carbons (Fsp3) is 0.375. The number of benzene rings is 1. The van der Waals surface area contributed by atoms with Crippen LogP contribution in [0.1, 0.15) is 26.0 Å². The van der Waals surface area contributed by atoms with E-state index >= 15 is 0 Å². The van der Waals surface area contributed by atoms with Crippen molar-refractivity contribution in [3.63, 3.8) is 0 Å². The quantitative estimate of drug-likeness (QED) is 0.635. The van der Waals surface area contributed by atoms with E-state index in [4.69, 9.17) is 4.98 Å². The Kier molecular flexibility index (Phi) is 4.40. The Morgan fingerprint density at radius 3 is 2.86 bits per heavy atom. The zero-order valence-electron chi connectivity index (χ0n) is 12.2. The highest BCUT2D eigenvalue weighted by Crippen LogP contribution is 2.31. The highest BCUT2D eigenvalue weighted by molar-refractivity contribution is 8.00. The van der Waals surface area contributed by atoms with Crippen LogP contribution in [0.2, 0.25) is 0 Å². The van der Waals surface area contributed by atoms with Crippen molar-refractivity contribution in [2.75, 3.05) is 5.75 Å². The van der Waals surface area contributed by atoms with Crippen LogP contribution in [0.4, 0.5) is 0 Å². The van der Waals surface area contributed by atoms with E-state index in [2.05, 4.69) is 13.8 Å². The Morgan fingerprint density at radius 1 is 1.38 bits per heavy atom. The molecule has 0 saturated heterocycles. The molecule has 1 atom stereocenters.